The Morgan fingerprint density at radius 1 is 1.07 bits per heavy atom. The second-order valence-corrected chi connectivity index (χ2v) is 13.1. The summed E-state index contributed by atoms with van der Waals surface area (Å²) in [5.74, 6) is -4.93. The number of piperidine rings is 1. The molecule has 12 heteroatoms. The van der Waals surface area contributed by atoms with Gasteiger partial charge < -0.3 is 15.4 Å². The van der Waals surface area contributed by atoms with Gasteiger partial charge in [0.2, 0.25) is 11.8 Å². The highest BCUT2D eigenvalue weighted by Gasteiger charge is 2.31. The van der Waals surface area contributed by atoms with Crippen LogP contribution in [0.25, 0.3) is 22.0 Å². The van der Waals surface area contributed by atoms with E-state index in [1.165, 1.54) is 6.07 Å². The number of aromatic nitrogens is 3. The maximum atomic E-state index is 14.9. The van der Waals surface area contributed by atoms with E-state index in [1.54, 1.807) is 43.6 Å². The van der Waals surface area contributed by atoms with Crippen LogP contribution in [0.5, 0.6) is 11.6 Å². The van der Waals surface area contributed by atoms with Gasteiger partial charge in [-0.1, -0.05) is 19.1 Å². The van der Waals surface area contributed by atoms with Gasteiger partial charge in [0.25, 0.3) is 5.92 Å². The van der Waals surface area contributed by atoms with Gasteiger partial charge in [-0.2, -0.15) is 0 Å². The summed E-state index contributed by atoms with van der Waals surface area (Å²) in [6.07, 6.45) is 4.21. The van der Waals surface area contributed by atoms with E-state index < -0.39 is 33.1 Å². The third kappa shape index (κ3) is 6.99. The van der Waals surface area contributed by atoms with Crippen LogP contribution in [-0.4, -0.2) is 54.2 Å². The summed E-state index contributed by atoms with van der Waals surface area (Å²) in [5, 5.41) is 7.46. The van der Waals surface area contributed by atoms with E-state index >= 15 is 0 Å². The maximum absolute atomic E-state index is 14.9. The lowest BCUT2D eigenvalue weighted by molar-refractivity contribution is 0.0473. The molecule has 4 aromatic rings. The van der Waals surface area contributed by atoms with Crippen molar-refractivity contribution in [2.24, 2.45) is 5.92 Å². The summed E-state index contributed by atoms with van der Waals surface area (Å²) in [7, 11) is -4.32. The van der Waals surface area contributed by atoms with Crippen molar-refractivity contribution >= 4 is 26.6 Å². The van der Waals surface area contributed by atoms with Crippen molar-refractivity contribution in [3.05, 3.63) is 71.8 Å². The second-order valence-electron chi connectivity index (χ2n) is 11.0. The number of hydrogen-bond donors (Lipinski definition) is 2. The van der Waals surface area contributed by atoms with Crippen molar-refractivity contribution in [3.8, 4) is 22.9 Å². The molecule has 0 unspecified atom stereocenters. The van der Waals surface area contributed by atoms with Crippen LogP contribution in [0.3, 0.4) is 0 Å². The number of fused-ring (bicyclic) bond motifs is 1. The molecule has 42 heavy (non-hydrogen) atoms. The van der Waals surface area contributed by atoms with Crippen LogP contribution in [0.2, 0.25) is 0 Å². The van der Waals surface area contributed by atoms with Gasteiger partial charge in [0, 0.05) is 42.9 Å². The Hall–Kier alpha value is -3.77. The Balaban J connectivity index is 1.49. The molecule has 3 heterocycles. The van der Waals surface area contributed by atoms with Crippen molar-refractivity contribution in [1.29, 1.82) is 0 Å². The Morgan fingerprint density at radius 3 is 2.62 bits per heavy atom. The number of rotatable bonds is 9. The average Bonchev–Trinajstić information content (AvgIpc) is 2.91. The molecule has 222 valence electrons. The Morgan fingerprint density at radius 2 is 1.86 bits per heavy atom. The largest absolute Gasteiger partial charge is 0.437 e. The lowest BCUT2D eigenvalue weighted by atomic mass is 9.98. The number of benzene rings is 2. The minimum atomic E-state index is -4.32. The number of hydrogen-bond acceptors (Lipinski definition) is 8. The number of nitrogens with zero attached hydrogens (tertiary/aromatic N) is 3. The van der Waals surface area contributed by atoms with Gasteiger partial charge in [-0.25, -0.2) is 36.5 Å². The van der Waals surface area contributed by atoms with Gasteiger partial charge in [-0.3, -0.25) is 0 Å². The van der Waals surface area contributed by atoms with Crippen LogP contribution in [0, 0.1) is 18.7 Å². The van der Waals surface area contributed by atoms with Crippen LogP contribution in [-0.2, 0) is 15.6 Å². The van der Waals surface area contributed by atoms with Crippen LogP contribution in [0.15, 0.2) is 54.9 Å². The minimum Gasteiger partial charge on any atom is -0.437 e. The monoisotopic (exact) mass is 599 g/mol. The molecule has 0 bridgehead atoms. The molecule has 0 saturated carbocycles. The number of ether oxygens (including phenoxy) is 1. The van der Waals surface area contributed by atoms with Crippen molar-refractivity contribution in [1.82, 2.24) is 20.3 Å². The molecule has 1 fully saturated rings. The molecular weight excluding hydrogens is 567 g/mol. The third-order valence-corrected chi connectivity index (χ3v) is 8.72. The number of halogens is 3. The first-order valence-corrected chi connectivity index (χ1v) is 15.4. The van der Waals surface area contributed by atoms with Crippen LogP contribution >= 0.6 is 0 Å². The molecule has 1 saturated heterocycles. The Labute approximate surface area is 242 Å². The third-order valence-electron chi connectivity index (χ3n) is 7.05. The Kier molecular flexibility index (Phi) is 8.38. The summed E-state index contributed by atoms with van der Waals surface area (Å²) in [5.41, 5.74) is 1.65. The fourth-order valence-electron chi connectivity index (χ4n) is 5.25. The van der Waals surface area contributed by atoms with E-state index in [1.807, 2.05) is 6.07 Å². The van der Waals surface area contributed by atoms with E-state index in [-0.39, 0.29) is 22.9 Å². The van der Waals surface area contributed by atoms with Gasteiger partial charge in [-0.05, 0) is 67.1 Å². The highest BCUT2D eigenvalue weighted by molar-refractivity contribution is 7.90. The molecule has 2 N–H and O–H groups in total. The van der Waals surface area contributed by atoms with Crippen LogP contribution < -0.4 is 15.4 Å². The SMILES string of the molecule is Cc1ccc2c(CS(=O)(=O)CC(C)(F)F)c(F)ccc2c1Oc1ncccc1-c1ccnc(N[C@@H]2CNC[C@H](C)C2)n1. The fraction of sp³-hybridized carbons (Fsp3) is 0.367. The molecule has 0 amide bonds. The molecule has 0 spiro atoms. The van der Waals surface area contributed by atoms with Gasteiger partial charge in [0.1, 0.15) is 17.3 Å². The first kappa shape index (κ1) is 29.7. The highest BCUT2D eigenvalue weighted by Crippen LogP contribution is 2.38. The van der Waals surface area contributed by atoms with Crippen LogP contribution in [0.4, 0.5) is 19.1 Å². The quantitative estimate of drug-likeness (QED) is 0.245. The summed E-state index contributed by atoms with van der Waals surface area (Å²) in [6, 6.07) is 11.3. The zero-order valence-electron chi connectivity index (χ0n) is 23.5. The first-order chi connectivity index (χ1) is 19.9. The highest BCUT2D eigenvalue weighted by atomic mass is 32.2. The lowest BCUT2D eigenvalue weighted by Gasteiger charge is -2.28. The molecule has 2 aromatic carbocycles. The van der Waals surface area contributed by atoms with Crippen molar-refractivity contribution in [2.45, 2.75) is 44.9 Å². The van der Waals surface area contributed by atoms with E-state index in [9.17, 15) is 21.6 Å². The zero-order valence-corrected chi connectivity index (χ0v) is 24.3. The molecule has 1 aliphatic heterocycles. The number of pyridine rings is 1. The number of sulfone groups is 1. The van der Waals surface area contributed by atoms with E-state index in [0.717, 1.165) is 25.6 Å². The van der Waals surface area contributed by atoms with Gasteiger partial charge in [0.15, 0.2) is 9.84 Å². The number of aryl methyl sites for hydroxylation is 1. The van der Waals surface area contributed by atoms with Crippen molar-refractivity contribution < 1.29 is 26.3 Å². The molecule has 0 radical (unpaired) electrons. The summed E-state index contributed by atoms with van der Waals surface area (Å²) in [4.78, 5) is 13.5. The predicted molar refractivity (Wildman–Crippen MR) is 156 cm³/mol. The summed E-state index contributed by atoms with van der Waals surface area (Å²) >= 11 is 0. The van der Waals surface area contributed by atoms with E-state index in [0.29, 0.717) is 46.7 Å². The lowest BCUT2D eigenvalue weighted by Crippen LogP contribution is -2.42. The maximum Gasteiger partial charge on any atom is 0.259 e. The van der Waals surface area contributed by atoms with Gasteiger partial charge in [0.05, 0.1) is 17.0 Å². The average molecular weight is 600 g/mol. The number of alkyl halides is 2. The van der Waals surface area contributed by atoms with E-state index in [4.69, 9.17) is 9.72 Å². The van der Waals surface area contributed by atoms with Crippen molar-refractivity contribution in [2.75, 3.05) is 24.2 Å². The van der Waals surface area contributed by atoms with E-state index in [2.05, 4.69) is 27.5 Å². The number of nitrogens with one attached hydrogen (secondary N) is 2. The predicted octanol–water partition coefficient (Wildman–Crippen LogP) is 5.91. The Bertz CT molecular complexity index is 1710. The topological polar surface area (TPSA) is 106 Å². The van der Waals surface area contributed by atoms with Crippen molar-refractivity contribution in [3.63, 3.8) is 0 Å². The zero-order chi connectivity index (χ0) is 30.1. The molecule has 5 rings (SSSR count). The van der Waals surface area contributed by atoms with Crippen LogP contribution in [0.1, 0.15) is 31.4 Å². The molecule has 8 nitrogen and oxygen atoms in total. The molecular formula is C30H32F3N5O3S. The molecule has 0 aliphatic carbocycles. The minimum absolute atomic E-state index is 0.189. The summed E-state index contributed by atoms with van der Waals surface area (Å²) in [6.45, 7) is 6.29. The second kappa shape index (κ2) is 11.8. The normalized spacial score (nSPS) is 17.8. The number of anilines is 1. The molecule has 2 atom stereocenters. The molecule has 2 aromatic heterocycles. The van der Waals surface area contributed by atoms with Gasteiger partial charge >= 0.3 is 0 Å². The molecule has 1 aliphatic rings. The fourth-order valence-corrected chi connectivity index (χ4v) is 6.86. The first-order valence-electron chi connectivity index (χ1n) is 13.6. The summed E-state index contributed by atoms with van der Waals surface area (Å²) < 4.78 is 73.3. The smallest absolute Gasteiger partial charge is 0.259 e. The van der Waals surface area contributed by atoms with Gasteiger partial charge in [-0.15, -0.1) is 0 Å². The standard InChI is InChI=1S/C30H32F3N5O3S/c1-18-13-20(15-34-14-18)37-29-36-12-10-26(38-29)23-5-4-11-35-28(23)41-27-19(2)6-7-21-22(27)8-9-25(31)24(21)16-42(39,40)17-30(3,32)33/h4-12,18,20,34H,13-17H2,1-3H3,(H,36,37,38)/t18-,20+/m1/s1.